The number of hydrogen-bond acceptors (Lipinski definition) is 2. The number of carbonyl (C=O) groups excluding carboxylic acids is 2. The molecule has 0 unspecified atom stereocenters. The van der Waals surface area contributed by atoms with E-state index in [-0.39, 0.29) is 17.6 Å². The Balaban J connectivity index is 2.29. The molecular weight excluding hydrogens is 142 g/mol. The number of nitrogens with zero attached hydrogens (tertiary/aromatic N) is 1. The molecule has 0 aromatic rings. The Hall–Kier alpha value is -0.860. The van der Waals surface area contributed by atoms with Crippen molar-refractivity contribution < 1.29 is 9.59 Å². The van der Waals surface area contributed by atoms with Crippen LogP contribution in [-0.4, -0.2) is 29.7 Å². The molecule has 0 spiro atoms. The number of carbonyl (C=O) groups is 2. The Morgan fingerprint density at radius 1 is 1.45 bits per heavy atom. The third-order valence-corrected chi connectivity index (χ3v) is 2.11. The highest BCUT2D eigenvalue weighted by Gasteiger charge is 2.32. The summed E-state index contributed by atoms with van der Waals surface area (Å²) in [5.41, 5.74) is 0. The van der Waals surface area contributed by atoms with E-state index in [0.29, 0.717) is 19.5 Å². The fourth-order valence-electron chi connectivity index (χ4n) is 1.16. The van der Waals surface area contributed by atoms with Gasteiger partial charge < -0.3 is 4.90 Å². The zero-order valence-electron chi connectivity index (χ0n) is 6.96. The lowest BCUT2D eigenvalue weighted by Crippen LogP contribution is -2.52. The predicted octanol–water partition coefficient (Wildman–Crippen LogP) is 0.444. The normalized spacial score (nSPS) is 17.8. The second-order valence-corrected chi connectivity index (χ2v) is 2.96. The van der Waals surface area contributed by atoms with Crippen molar-refractivity contribution >= 4 is 11.7 Å². The van der Waals surface area contributed by atoms with Crippen LogP contribution in [0, 0.1) is 5.92 Å². The molecule has 3 nitrogen and oxygen atoms in total. The summed E-state index contributed by atoms with van der Waals surface area (Å²) in [6.45, 7) is 4.70. The van der Waals surface area contributed by atoms with Gasteiger partial charge in [-0.3, -0.25) is 9.59 Å². The fourth-order valence-corrected chi connectivity index (χ4v) is 1.16. The standard InChI is InChI=1S/C8H13NO2/c1-3-8(11)9-4-7(5-9)6(2)10/h7H,3-5H2,1-2H3. The smallest absolute Gasteiger partial charge is 0.222 e. The van der Waals surface area contributed by atoms with Crippen LogP contribution in [0.5, 0.6) is 0 Å². The van der Waals surface area contributed by atoms with Crippen molar-refractivity contribution in [1.29, 1.82) is 0 Å². The number of amides is 1. The lowest BCUT2D eigenvalue weighted by Gasteiger charge is -2.37. The third-order valence-electron chi connectivity index (χ3n) is 2.11. The predicted molar refractivity (Wildman–Crippen MR) is 41.0 cm³/mol. The van der Waals surface area contributed by atoms with E-state index < -0.39 is 0 Å². The van der Waals surface area contributed by atoms with Gasteiger partial charge in [0.15, 0.2) is 0 Å². The van der Waals surface area contributed by atoms with Gasteiger partial charge in [-0.05, 0) is 6.92 Å². The molecule has 62 valence electrons. The van der Waals surface area contributed by atoms with Crippen LogP contribution < -0.4 is 0 Å². The molecule has 1 aliphatic heterocycles. The first kappa shape index (κ1) is 8.24. The Morgan fingerprint density at radius 2 is 2.00 bits per heavy atom. The number of Topliss-reactive ketones (excluding diaryl/α,β-unsaturated/α-hetero) is 1. The molecule has 0 aromatic carbocycles. The molecule has 3 heteroatoms. The Kier molecular flexibility index (Phi) is 2.27. The Labute approximate surface area is 66.4 Å². The monoisotopic (exact) mass is 155 g/mol. The fraction of sp³-hybridized carbons (Fsp3) is 0.750. The molecule has 11 heavy (non-hydrogen) atoms. The van der Waals surface area contributed by atoms with Gasteiger partial charge in [0.25, 0.3) is 0 Å². The summed E-state index contributed by atoms with van der Waals surface area (Å²) < 4.78 is 0. The van der Waals surface area contributed by atoms with Gasteiger partial charge in [-0.1, -0.05) is 6.92 Å². The van der Waals surface area contributed by atoms with Crippen LogP contribution in [0.25, 0.3) is 0 Å². The van der Waals surface area contributed by atoms with Crippen molar-refractivity contribution in [3.8, 4) is 0 Å². The lowest BCUT2D eigenvalue weighted by molar-refractivity contribution is -0.141. The number of hydrogen-bond donors (Lipinski definition) is 0. The SMILES string of the molecule is CCC(=O)N1CC(C(C)=O)C1. The van der Waals surface area contributed by atoms with E-state index in [9.17, 15) is 9.59 Å². The van der Waals surface area contributed by atoms with E-state index in [1.165, 1.54) is 0 Å². The number of rotatable bonds is 2. The van der Waals surface area contributed by atoms with Crippen LogP contribution in [-0.2, 0) is 9.59 Å². The van der Waals surface area contributed by atoms with Gasteiger partial charge in [0.2, 0.25) is 5.91 Å². The van der Waals surface area contributed by atoms with E-state index >= 15 is 0 Å². The largest absolute Gasteiger partial charge is 0.341 e. The molecule has 0 aromatic heterocycles. The average Bonchev–Trinajstić information content (AvgIpc) is 1.83. The van der Waals surface area contributed by atoms with Crippen LogP contribution in [0.3, 0.4) is 0 Å². The molecular formula is C8H13NO2. The van der Waals surface area contributed by atoms with Crippen LogP contribution in [0.2, 0.25) is 0 Å². The van der Waals surface area contributed by atoms with Crippen LogP contribution in [0.1, 0.15) is 20.3 Å². The van der Waals surface area contributed by atoms with Crippen molar-refractivity contribution in [2.24, 2.45) is 5.92 Å². The van der Waals surface area contributed by atoms with Crippen LogP contribution >= 0.6 is 0 Å². The van der Waals surface area contributed by atoms with Crippen molar-refractivity contribution in [3.63, 3.8) is 0 Å². The zero-order valence-corrected chi connectivity index (χ0v) is 6.96. The molecule has 0 saturated carbocycles. The minimum Gasteiger partial charge on any atom is -0.341 e. The average molecular weight is 155 g/mol. The topological polar surface area (TPSA) is 37.4 Å². The van der Waals surface area contributed by atoms with Crippen LogP contribution in [0.4, 0.5) is 0 Å². The molecule has 1 saturated heterocycles. The lowest BCUT2D eigenvalue weighted by atomic mass is 9.96. The molecule has 1 amide bonds. The maximum absolute atomic E-state index is 11.0. The Bertz CT molecular complexity index is 183. The highest BCUT2D eigenvalue weighted by Crippen LogP contribution is 2.16. The van der Waals surface area contributed by atoms with Gasteiger partial charge in [0, 0.05) is 19.5 Å². The maximum atomic E-state index is 11.0. The first-order chi connectivity index (χ1) is 5.15. The second kappa shape index (κ2) is 3.03. The van der Waals surface area contributed by atoms with E-state index in [1.54, 1.807) is 11.8 Å². The molecule has 0 bridgehead atoms. The van der Waals surface area contributed by atoms with Crippen molar-refractivity contribution in [1.82, 2.24) is 4.90 Å². The van der Waals surface area contributed by atoms with Crippen molar-refractivity contribution in [2.45, 2.75) is 20.3 Å². The van der Waals surface area contributed by atoms with E-state index in [2.05, 4.69) is 0 Å². The first-order valence-electron chi connectivity index (χ1n) is 3.93. The highest BCUT2D eigenvalue weighted by atomic mass is 16.2. The summed E-state index contributed by atoms with van der Waals surface area (Å²) in [7, 11) is 0. The highest BCUT2D eigenvalue weighted by molar-refractivity contribution is 5.84. The van der Waals surface area contributed by atoms with Crippen LogP contribution in [0.15, 0.2) is 0 Å². The molecule has 1 aliphatic rings. The quantitative estimate of drug-likeness (QED) is 0.580. The van der Waals surface area contributed by atoms with Gasteiger partial charge in [0.05, 0.1) is 5.92 Å². The molecule has 0 atom stereocenters. The van der Waals surface area contributed by atoms with E-state index in [4.69, 9.17) is 0 Å². The summed E-state index contributed by atoms with van der Waals surface area (Å²) in [6.07, 6.45) is 0.546. The van der Waals surface area contributed by atoms with Gasteiger partial charge in [-0.15, -0.1) is 0 Å². The molecule has 0 N–H and O–H groups in total. The summed E-state index contributed by atoms with van der Waals surface area (Å²) in [5.74, 6) is 0.471. The van der Waals surface area contributed by atoms with Gasteiger partial charge in [-0.25, -0.2) is 0 Å². The van der Waals surface area contributed by atoms with E-state index in [0.717, 1.165) is 0 Å². The van der Waals surface area contributed by atoms with Crippen molar-refractivity contribution in [3.05, 3.63) is 0 Å². The summed E-state index contributed by atoms with van der Waals surface area (Å²) in [5, 5.41) is 0. The molecule has 0 radical (unpaired) electrons. The zero-order chi connectivity index (χ0) is 8.43. The molecule has 1 rings (SSSR count). The van der Waals surface area contributed by atoms with Gasteiger partial charge >= 0.3 is 0 Å². The summed E-state index contributed by atoms with van der Waals surface area (Å²) in [4.78, 5) is 23.4. The summed E-state index contributed by atoms with van der Waals surface area (Å²) >= 11 is 0. The minimum absolute atomic E-state index is 0.116. The maximum Gasteiger partial charge on any atom is 0.222 e. The van der Waals surface area contributed by atoms with Gasteiger partial charge in [-0.2, -0.15) is 0 Å². The molecule has 1 fully saturated rings. The minimum atomic E-state index is 0.116. The molecule has 1 heterocycles. The van der Waals surface area contributed by atoms with E-state index in [1.807, 2.05) is 6.92 Å². The van der Waals surface area contributed by atoms with Crippen molar-refractivity contribution in [2.75, 3.05) is 13.1 Å². The first-order valence-corrected chi connectivity index (χ1v) is 3.93. The second-order valence-electron chi connectivity index (χ2n) is 2.96. The number of ketones is 1. The molecule has 0 aliphatic carbocycles. The summed E-state index contributed by atoms with van der Waals surface area (Å²) in [6, 6.07) is 0. The van der Waals surface area contributed by atoms with Gasteiger partial charge in [0.1, 0.15) is 5.78 Å². The third kappa shape index (κ3) is 1.59. The Morgan fingerprint density at radius 3 is 2.36 bits per heavy atom. The number of likely N-dealkylation sites (tertiary alicyclic amines) is 1.